The largest absolute Gasteiger partial charge is 0.573 e. The molecule has 0 atom stereocenters. The molecule has 1 saturated heterocycles. The van der Waals surface area contributed by atoms with Crippen molar-refractivity contribution in [1.29, 1.82) is 0 Å². The Balaban J connectivity index is 1.52. The number of thiocarbonyl (C=S) groups is 1. The van der Waals surface area contributed by atoms with Gasteiger partial charge >= 0.3 is 6.36 Å². The van der Waals surface area contributed by atoms with Crippen molar-refractivity contribution in [1.82, 2.24) is 19.7 Å². The molecular weight excluding hydrogens is 367 g/mol. The van der Waals surface area contributed by atoms with E-state index < -0.39 is 6.36 Å². The summed E-state index contributed by atoms with van der Waals surface area (Å²) in [5, 5.41) is 11.7. The lowest BCUT2D eigenvalue weighted by Crippen LogP contribution is -2.40. The van der Waals surface area contributed by atoms with Crippen LogP contribution in [-0.2, 0) is 7.05 Å². The van der Waals surface area contributed by atoms with Gasteiger partial charge in [-0.2, -0.15) is 0 Å². The highest BCUT2D eigenvalue weighted by Gasteiger charge is 2.31. The average Bonchev–Trinajstić information content (AvgIpc) is 3.01. The van der Waals surface area contributed by atoms with Gasteiger partial charge < -0.3 is 19.5 Å². The quantitative estimate of drug-likeness (QED) is 0.819. The van der Waals surface area contributed by atoms with Crippen LogP contribution in [0.4, 0.5) is 18.9 Å². The van der Waals surface area contributed by atoms with Gasteiger partial charge in [0.05, 0.1) is 0 Å². The van der Waals surface area contributed by atoms with Crippen molar-refractivity contribution in [2.45, 2.75) is 25.1 Å². The van der Waals surface area contributed by atoms with Crippen molar-refractivity contribution in [3.8, 4) is 5.75 Å². The molecule has 3 rings (SSSR count). The molecule has 1 N–H and O–H groups in total. The van der Waals surface area contributed by atoms with Gasteiger partial charge in [-0.1, -0.05) is 0 Å². The number of benzene rings is 1. The van der Waals surface area contributed by atoms with E-state index in [1.165, 1.54) is 24.3 Å². The van der Waals surface area contributed by atoms with Crippen LogP contribution >= 0.6 is 12.2 Å². The maximum absolute atomic E-state index is 12.2. The summed E-state index contributed by atoms with van der Waals surface area (Å²) in [6, 6.07) is 5.50. The molecule has 0 aliphatic carbocycles. The number of piperidine rings is 1. The van der Waals surface area contributed by atoms with Crippen molar-refractivity contribution in [2.75, 3.05) is 18.4 Å². The van der Waals surface area contributed by atoms with Gasteiger partial charge in [0.2, 0.25) is 0 Å². The van der Waals surface area contributed by atoms with Crippen LogP contribution in [0.3, 0.4) is 0 Å². The molecule has 1 aliphatic heterocycles. The molecule has 0 saturated carbocycles. The Labute approximate surface area is 154 Å². The lowest BCUT2D eigenvalue weighted by Gasteiger charge is -2.33. The fourth-order valence-corrected chi connectivity index (χ4v) is 3.25. The number of ether oxygens (including phenoxy) is 1. The van der Waals surface area contributed by atoms with Crippen LogP contribution in [0.1, 0.15) is 24.6 Å². The Hall–Kier alpha value is -2.36. The van der Waals surface area contributed by atoms with Crippen LogP contribution in [0.15, 0.2) is 30.6 Å². The number of halogens is 3. The highest BCUT2D eigenvalue weighted by atomic mass is 32.1. The van der Waals surface area contributed by atoms with E-state index in [1.54, 1.807) is 6.33 Å². The summed E-state index contributed by atoms with van der Waals surface area (Å²) in [6.07, 6.45) is -1.18. The average molecular weight is 385 g/mol. The van der Waals surface area contributed by atoms with Gasteiger partial charge in [-0.15, -0.1) is 23.4 Å². The first-order valence-corrected chi connectivity index (χ1v) is 8.48. The van der Waals surface area contributed by atoms with Gasteiger partial charge in [-0.05, 0) is 49.3 Å². The molecule has 0 unspecified atom stereocenters. The van der Waals surface area contributed by atoms with Crippen LogP contribution in [0.2, 0.25) is 0 Å². The molecule has 2 aromatic rings. The zero-order valence-corrected chi connectivity index (χ0v) is 14.8. The van der Waals surface area contributed by atoms with Crippen molar-refractivity contribution in [2.24, 2.45) is 7.05 Å². The Morgan fingerprint density at radius 3 is 2.42 bits per heavy atom. The summed E-state index contributed by atoms with van der Waals surface area (Å²) in [5.41, 5.74) is 0.611. The van der Waals surface area contributed by atoms with E-state index in [4.69, 9.17) is 12.2 Å². The van der Waals surface area contributed by atoms with E-state index in [2.05, 4.69) is 20.3 Å². The van der Waals surface area contributed by atoms with Crippen molar-refractivity contribution >= 4 is 23.0 Å². The van der Waals surface area contributed by atoms with Crippen molar-refractivity contribution in [3.05, 3.63) is 36.4 Å². The Morgan fingerprint density at radius 1 is 1.23 bits per heavy atom. The second-order valence-electron chi connectivity index (χ2n) is 6.06. The Bertz CT molecular complexity index is 754. The van der Waals surface area contributed by atoms with Crippen LogP contribution in [-0.4, -0.2) is 44.2 Å². The summed E-state index contributed by atoms with van der Waals surface area (Å²) >= 11 is 5.41. The number of aryl methyl sites for hydroxylation is 1. The minimum Gasteiger partial charge on any atom is -0.406 e. The molecule has 0 spiro atoms. The van der Waals surface area contributed by atoms with Crippen LogP contribution in [0.5, 0.6) is 5.75 Å². The van der Waals surface area contributed by atoms with Crippen molar-refractivity contribution in [3.63, 3.8) is 0 Å². The van der Waals surface area contributed by atoms with E-state index >= 15 is 0 Å². The molecule has 1 aromatic heterocycles. The number of nitrogens with zero attached hydrogens (tertiary/aromatic N) is 4. The molecule has 140 valence electrons. The van der Waals surface area contributed by atoms with Gasteiger partial charge in [0.1, 0.15) is 17.9 Å². The third kappa shape index (κ3) is 4.63. The molecule has 1 aromatic carbocycles. The highest BCUT2D eigenvalue weighted by Crippen LogP contribution is 2.27. The predicted octanol–water partition coefficient (Wildman–Crippen LogP) is 3.29. The van der Waals surface area contributed by atoms with E-state index in [-0.39, 0.29) is 5.75 Å². The minimum atomic E-state index is -4.70. The monoisotopic (exact) mass is 385 g/mol. The fraction of sp³-hybridized carbons (Fsp3) is 0.438. The SMILES string of the molecule is Cn1cnnc1C1CCN(C(=S)Nc2ccc(OC(F)(F)F)cc2)CC1. The number of aromatic nitrogens is 3. The zero-order chi connectivity index (χ0) is 18.7. The van der Waals surface area contributed by atoms with Gasteiger partial charge in [-0.3, -0.25) is 0 Å². The van der Waals surface area contributed by atoms with E-state index in [0.717, 1.165) is 31.8 Å². The number of anilines is 1. The molecule has 6 nitrogen and oxygen atoms in total. The third-order valence-electron chi connectivity index (χ3n) is 4.23. The second-order valence-corrected chi connectivity index (χ2v) is 6.45. The fourth-order valence-electron chi connectivity index (χ4n) is 2.95. The van der Waals surface area contributed by atoms with E-state index in [0.29, 0.717) is 16.7 Å². The zero-order valence-electron chi connectivity index (χ0n) is 14.0. The Morgan fingerprint density at radius 2 is 1.88 bits per heavy atom. The summed E-state index contributed by atoms with van der Waals surface area (Å²) in [7, 11) is 1.93. The molecule has 1 fully saturated rings. The molecule has 26 heavy (non-hydrogen) atoms. The van der Waals surface area contributed by atoms with Crippen LogP contribution < -0.4 is 10.1 Å². The molecule has 0 amide bonds. The topological polar surface area (TPSA) is 55.2 Å². The maximum Gasteiger partial charge on any atom is 0.573 e. The third-order valence-corrected chi connectivity index (χ3v) is 4.59. The number of hydrogen-bond donors (Lipinski definition) is 1. The summed E-state index contributed by atoms with van der Waals surface area (Å²) < 4.78 is 42.3. The first kappa shape index (κ1) is 18.4. The highest BCUT2D eigenvalue weighted by molar-refractivity contribution is 7.80. The predicted molar refractivity (Wildman–Crippen MR) is 93.9 cm³/mol. The number of hydrogen-bond acceptors (Lipinski definition) is 4. The minimum absolute atomic E-state index is 0.265. The molecule has 1 aliphatic rings. The standard InChI is InChI=1S/C16H18F3N5OS/c1-23-10-20-22-14(23)11-6-8-24(9-7-11)15(26)21-12-2-4-13(5-3-12)25-16(17,18)19/h2-5,10-11H,6-9H2,1H3,(H,21,26). The molecule has 2 heterocycles. The lowest BCUT2D eigenvalue weighted by molar-refractivity contribution is -0.274. The molecular formula is C16H18F3N5OS. The second kappa shape index (κ2) is 7.48. The number of likely N-dealkylation sites (tertiary alicyclic amines) is 1. The molecule has 0 bridgehead atoms. The first-order chi connectivity index (χ1) is 12.3. The van der Waals surface area contributed by atoms with E-state index in [9.17, 15) is 13.2 Å². The molecule has 0 radical (unpaired) electrons. The van der Waals surface area contributed by atoms with Crippen LogP contribution in [0, 0.1) is 0 Å². The van der Waals surface area contributed by atoms with Gasteiger partial charge in [-0.25, -0.2) is 0 Å². The number of nitrogens with one attached hydrogen (secondary N) is 1. The first-order valence-electron chi connectivity index (χ1n) is 8.07. The van der Waals surface area contributed by atoms with Gasteiger partial charge in [0.25, 0.3) is 0 Å². The lowest BCUT2D eigenvalue weighted by atomic mass is 9.96. The number of alkyl halides is 3. The molecule has 10 heteroatoms. The smallest absolute Gasteiger partial charge is 0.406 e. The summed E-state index contributed by atoms with van der Waals surface area (Å²) in [4.78, 5) is 2.04. The van der Waals surface area contributed by atoms with Gasteiger partial charge in [0, 0.05) is 31.7 Å². The number of rotatable bonds is 3. The van der Waals surface area contributed by atoms with Crippen molar-refractivity contribution < 1.29 is 17.9 Å². The Kier molecular flexibility index (Phi) is 5.30. The summed E-state index contributed by atoms with van der Waals surface area (Å²) in [5.74, 6) is 1.06. The van der Waals surface area contributed by atoms with E-state index in [1.807, 2.05) is 16.5 Å². The van der Waals surface area contributed by atoms with Gasteiger partial charge in [0.15, 0.2) is 5.11 Å². The van der Waals surface area contributed by atoms with Crippen LogP contribution in [0.25, 0.3) is 0 Å². The summed E-state index contributed by atoms with van der Waals surface area (Å²) in [6.45, 7) is 1.55. The maximum atomic E-state index is 12.2. The normalized spacial score (nSPS) is 15.8.